The van der Waals surface area contributed by atoms with Gasteiger partial charge in [-0.1, -0.05) is 41.9 Å². The van der Waals surface area contributed by atoms with Crippen LogP contribution >= 0.6 is 11.6 Å². The van der Waals surface area contributed by atoms with E-state index in [1.165, 1.54) is 21.9 Å². The molecule has 2 heterocycles. The SMILES string of the molecule is [CH2]c1cc2c3ccccc3n(Cc3cccc(Cl)c3)c2cn1. The maximum atomic E-state index is 6.11. The third-order valence-corrected chi connectivity index (χ3v) is 4.18. The lowest BCUT2D eigenvalue weighted by Crippen LogP contribution is -1.99. The minimum Gasteiger partial charge on any atom is -0.335 e. The first-order valence-electron chi connectivity index (χ1n) is 7.16. The first kappa shape index (κ1) is 13.4. The van der Waals surface area contributed by atoms with Crippen molar-refractivity contribution in [1.82, 2.24) is 9.55 Å². The molecule has 0 aliphatic carbocycles. The molecule has 3 heteroatoms. The Morgan fingerprint density at radius 2 is 1.82 bits per heavy atom. The van der Waals surface area contributed by atoms with E-state index in [4.69, 9.17) is 11.6 Å². The highest BCUT2D eigenvalue weighted by Gasteiger charge is 2.11. The third-order valence-electron chi connectivity index (χ3n) is 3.95. The molecule has 0 bridgehead atoms. The van der Waals surface area contributed by atoms with Crippen molar-refractivity contribution in [3.05, 3.63) is 84.0 Å². The molecule has 0 saturated carbocycles. The van der Waals surface area contributed by atoms with Gasteiger partial charge in [0.2, 0.25) is 0 Å². The van der Waals surface area contributed by atoms with Gasteiger partial charge in [0.15, 0.2) is 0 Å². The number of hydrogen-bond donors (Lipinski definition) is 0. The molecule has 0 spiro atoms. The first-order valence-corrected chi connectivity index (χ1v) is 7.53. The second-order valence-corrected chi connectivity index (χ2v) is 5.86. The maximum Gasteiger partial charge on any atom is 0.0681 e. The van der Waals surface area contributed by atoms with Crippen LogP contribution in [-0.2, 0) is 6.54 Å². The van der Waals surface area contributed by atoms with Crippen LogP contribution in [0.5, 0.6) is 0 Å². The van der Waals surface area contributed by atoms with E-state index >= 15 is 0 Å². The average molecular weight is 306 g/mol. The standard InChI is InChI=1S/C19H14ClN2/c1-13-9-17-16-7-2-3-8-18(16)22(19(17)11-21-13)12-14-5-4-6-15(20)10-14/h2-11H,1,12H2. The van der Waals surface area contributed by atoms with Crippen LogP contribution in [0.15, 0.2) is 60.8 Å². The second-order valence-electron chi connectivity index (χ2n) is 5.43. The predicted octanol–water partition coefficient (Wildman–Crippen LogP) is 5.07. The number of para-hydroxylation sites is 1. The Bertz CT molecular complexity index is 985. The quantitative estimate of drug-likeness (QED) is 0.505. The van der Waals surface area contributed by atoms with Crippen molar-refractivity contribution in [2.45, 2.75) is 6.54 Å². The summed E-state index contributed by atoms with van der Waals surface area (Å²) in [7, 11) is 0. The van der Waals surface area contributed by atoms with Crippen LogP contribution in [0.25, 0.3) is 21.8 Å². The molecular formula is C19H14ClN2. The molecule has 0 fully saturated rings. The molecule has 107 valence electrons. The summed E-state index contributed by atoms with van der Waals surface area (Å²) >= 11 is 6.11. The number of nitrogens with zero attached hydrogens (tertiary/aromatic N) is 2. The monoisotopic (exact) mass is 305 g/mol. The molecule has 0 aliphatic rings. The van der Waals surface area contributed by atoms with E-state index < -0.39 is 0 Å². The lowest BCUT2D eigenvalue weighted by Gasteiger charge is -2.08. The Morgan fingerprint density at radius 3 is 2.68 bits per heavy atom. The molecule has 22 heavy (non-hydrogen) atoms. The van der Waals surface area contributed by atoms with Crippen LogP contribution in [0.2, 0.25) is 5.02 Å². The van der Waals surface area contributed by atoms with Gasteiger partial charge in [-0.25, -0.2) is 0 Å². The van der Waals surface area contributed by atoms with Crippen LogP contribution < -0.4 is 0 Å². The summed E-state index contributed by atoms with van der Waals surface area (Å²) in [4.78, 5) is 4.36. The molecule has 0 N–H and O–H groups in total. The van der Waals surface area contributed by atoms with Crippen molar-refractivity contribution in [2.75, 3.05) is 0 Å². The predicted molar refractivity (Wildman–Crippen MR) is 92.3 cm³/mol. The van der Waals surface area contributed by atoms with Gasteiger partial charge >= 0.3 is 0 Å². The third kappa shape index (κ3) is 2.16. The van der Waals surface area contributed by atoms with E-state index in [1.807, 2.05) is 30.5 Å². The number of fused-ring (bicyclic) bond motifs is 3. The van der Waals surface area contributed by atoms with Gasteiger partial charge in [-0.15, -0.1) is 0 Å². The summed E-state index contributed by atoms with van der Waals surface area (Å²) in [6, 6.07) is 18.4. The van der Waals surface area contributed by atoms with Crippen molar-refractivity contribution in [3.8, 4) is 0 Å². The maximum absolute atomic E-state index is 6.11. The molecule has 2 nitrogen and oxygen atoms in total. The number of halogens is 1. The van der Waals surface area contributed by atoms with E-state index in [1.54, 1.807) is 0 Å². The van der Waals surface area contributed by atoms with Crippen molar-refractivity contribution >= 4 is 33.4 Å². The topological polar surface area (TPSA) is 17.8 Å². The molecule has 0 saturated heterocycles. The Kier molecular flexibility index (Phi) is 3.12. The van der Waals surface area contributed by atoms with Gasteiger partial charge in [0.1, 0.15) is 0 Å². The smallest absolute Gasteiger partial charge is 0.0681 e. The molecule has 0 unspecified atom stereocenters. The van der Waals surface area contributed by atoms with Crippen molar-refractivity contribution < 1.29 is 0 Å². The van der Waals surface area contributed by atoms with Gasteiger partial charge in [0, 0.05) is 33.6 Å². The minimum absolute atomic E-state index is 0.761. The first-order chi connectivity index (χ1) is 10.7. The van der Waals surface area contributed by atoms with E-state index in [0.29, 0.717) is 0 Å². The van der Waals surface area contributed by atoms with E-state index in [2.05, 4.69) is 46.8 Å². The van der Waals surface area contributed by atoms with E-state index in [9.17, 15) is 0 Å². The summed E-state index contributed by atoms with van der Waals surface area (Å²) < 4.78 is 2.28. The van der Waals surface area contributed by atoms with Crippen LogP contribution in [-0.4, -0.2) is 9.55 Å². The molecule has 2 aromatic carbocycles. The fraction of sp³-hybridized carbons (Fsp3) is 0.0526. The Balaban J connectivity index is 1.98. The largest absolute Gasteiger partial charge is 0.335 e. The normalized spacial score (nSPS) is 11.4. The second kappa shape index (κ2) is 5.15. The summed E-state index contributed by atoms with van der Waals surface area (Å²) in [6.07, 6.45) is 1.90. The molecule has 1 radical (unpaired) electrons. The number of hydrogen-bond acceptors (Lipinski definition) is 1. The molecule has 2 aromatic heterocycles. The fourth-order valence-electron chi connectivity index (χ4n) is 2.98. The highest BCUT2D eigenvalue weighted by atomic mass is 35.5. The van der Waals surface area contributed by atoms with Gasteiger partial charge in [-0.2, -0.15) is 0 Å². The van der Waals surface area contributed by atoms with Crippen LogP contribution in [0, 0.1) is 6.92 Å². The van der Waals surface area contributed by atoms with Gasteiger partial charge in [0.05, 0.1) is 11.7 Å². The minimum atomic E-state index is 0.761. The zero-order valence-corrected chi connectivity index (χ0v) is 12.7. The summed E-state index contributed by atoms with van der Waals surface area (Å²) in [5, 5.41) is 3.18. The van der Waals surface area contributed by atoms with Gasteiger partial charge in [-0.05, 0) is 36.8 Å². The van der Waals surface area contributed by atoms with Crippen LogP contribution in [0.3, 0.4) is 0 Å². The highest BCUT2D eigenvalue weighted by Crippen LogP contribution is 2.29. The number of benzene rings is 2. The molecular weight excluding hydrogens is 292 g/mol. The van der Waals surface area contributed by atoms with Crippen molar-refractivity contribution in [1.29, 1.82) is 0 Å². The number of pyridine rings is 1. The zero-order valence-electron chi connectivity index (χ0n) is 12.0. The summed E-state index contributed by atoms with van der Waals surface area (Å²) in [6.45, 7) is 4.71. The van der Waals surface area contributed by atoms with Crippen molar-refractivity contribution in [2.24, 2.45) is 0 Å². The van der Waals surface area contributed by atoms with Gasteiger partial charge in [0.25, 0.3) is 0 Å². The molecule has 0 atom stereocenters. The van der Waals surface area contributed by atoms with Crippen molar-refractivity contribution in [3.63, 3.8) is 0 Å². The van der Waals surface area contributed by atoms with E-state index in [-0.39, 0.29) is 0 Å². The molecule has 0 amide bonds. The summed E-state index contributed by atoms with van der Waals surface area (Å²) in [5.74, 6) is 0. The highest BCUT2D eigenvalue weighted by molar-refractivity contribution is 6.30. The van der Waals surface area contributed by atoms with Gasteiger partial charge in [-0.3, -0.25) is 4.98 Å². The number of aromatic nitrogens is 2. The van der Waals surface area contributed by atoms with Crippen LogP contribution in [0.4, 0.5) is 0 Å². The fourth-order valence-corrected chi connectivity index (χ4v) is 3.19. The zero-order chi connectivity index (χ0) is 15.1. The lowest BCUT2D eigenvalue weighted by molar-refractivity contribution is 0.866. The number of rotatable bonds is 2. The molecule has 0 aliphatic heterocycles. The van der Waals surface area contributed by atoms with Gasteiger partial charge < -0.3 is 4.57 Å². The summed E-state index contributed by atoms with van der Waals surface area (Å²) in [5.41, 5.74) is 4.28. The molecule has 4 rings (SSSR count). The van der Waals surface area contributed by atoms with E-state index in [0.717, 1.165) is 22.8 Å². The molecule has 4 aromatic rings. The lowest BCUT2D eigenvalue weighted by atomic mass is 10.2. The Hall–Kier alpha value is -2.32. The Morgan fingerprint density at radius 1 is 0.955 bits per heavy atom. The Labute approximate surface area is 134 Å². The van der Waals surface area contributed by atoms with Crippen LogP contribution in [0.1, 0.15) is 11.3 Å². The average Bonchev–Trinajstić information content (AvgIpc) is 2.81.